The smallest absolute Gasteiger partial charge is 0.181 e. The quantitative estimate of drug-likeness (QED) is 0.889. The zero-order valence-corrected chi connectivity index (χ0v) is 12.4. The van der Waals surface area contributed by atoms with E-state index in [1.165, 1.54) is 6.39 Å². The van der Waals surface area contributed by atoms with E-state index >= 15 is 0 Å². The summed E-state index contributed by atoms with van der Waals surface area (Å²) in [4.78, 5) is 4.23. The van der Waals surface area contributed by atoms with Gasteiger partial charge in [-0.1, -0.05) is 37.0 Å². The van der Waals surface area contributed by atoms with Crippen molar-refractivity contribution in [1.82, 2.24) is 10.3 Å². The summed E-state index contributed by atoms with van der Waals surface area (Å²) >= 11 is 12.1. The molecule has 0 amide bonds. The summed E-state index contributed by atoms with van der Waals surface area (Å²) in [6, 6.07) is 5.33. The Morgan fingerprint density at radius 3 is 2.79 bits per heavy atom. The number of halogens is 2. The van der Waals surface area contributed by atoms with E-state index < -0.39 is 0 Å². The first-order chi connectivity index (χ1) is 9.08. The number of benzene rings is 1. The van der Waals surface area contributed by atoms with Gasteiger partial charge in [-0.3, -0.25) is 0 Å². The molecule has 0 fully saturated rings. The van der Waals surface area contributed by atoms with Crippen LogP contribution in [0.5, 0.6) is 0 Å². The third-order valence-electron chi connectivity index (χ3n) is 2.66. The third-order valence-corrected chi connectivity index (χ3v) is 3.21. The van der Waals surface area contributed by atoms with Crippen LogP contribution < -0.4 is 5.32 Å². The normalized spacial score (nSPS) is 11.2. The summed E-state index contributed by atoms with van der Waals surface area (Å²) in [7, 11) is 0. The van der Waals surface area contributed by atoms with Crippen LogP contribution in [0.25, 0.3) is 11.3 Å². The molecule has 19 heavy (non-hydrogen) atoms. The first-order valence-corrected chi connectivity index (χ1v) is 6.92. The Hall–Kier alpha value is -1.03. The summed E-state index contributed by atoms with van der Waals surface area (Å²) in [5, 5.41) is 4.51. The second-order valence-corrected chi connectivity index (χ2v) is 5.62. The average molecular weight is 299 g/mol. The van der Waals surface area contributed by atoms with E-state index in [4.69, 9.17) is 27.6 Å². The lowest BCUT2D eigenvalue weighted by Gasteiger charge is -2.07. The Morgan fingerprint density at radius 2 is 2.11 bits per heavy atom. The molecule has 0 aliphatic heterocycles. The fourth-order valence-electron chi connectivity index (χ4n) is 1.77. The number of oxazole rings is 1. The monoisotopic (exact) mass is 298 g/mol. The maximum atomic E-state index is 6.18. The lowest BCUT2D eigenvalue weighted by molar-refractivity contribution is 0.545. The topological polar surface area (TPSA) is 38.1 Å². The Bertz CT molecular complexity index is 552. The van der Waals surface area contributed by atoms with Gasteiger partial charge in [0.1, 0.15) is 5.69 Å². The Balaban J connectivity index is 2.19. The van der Waals surface area contributed by atoms with E-state index in [9.17, 15) is 0 Å². The van der Waals surface area contributed by atoms with E-state index in [1.807, 2.05) is 6.07 Å². The van der Waals surface area contributed by atoms with Crippen molar-refractivity contribution in [2.75, 3.05) is 6.54 Å². The fraction of sp³-hybridized carbons (Fsp3) is 0.357. The number of hydrogen-bond donors (Lipinski definition) is 1. The van der Waals surface area contributed by atoms with Gasteiger partial charge in [-0.05, 0) is 30.7 Å². The van der Waals surface area contributed by atoms with Crippen molar-refractivity contribution >= 4 is 23.2 Å². The molecule has 3 nitrogen and oxygen atoms in total. The van der Waals surface area contributed by atoms with Crippen LogP contribution in [-0.2, 0) is 6.54 Å². The molecular formula is C14H16Cl2N2O. The fourth-order valence-corrected chi connectivity index (χ4v) is 2.26. The van der Waals surface area contributed by atoms with Gasteiger partial charge in [-0.25, -0.2) is 4.98 Å². The van der Waals surface area contributed by atoms with E-state index in [0.717, 1.165) is 17.8 Å². The van der Waals surface area contributed by atoms with Crippen LogP contribution in [0.15, 0.2) is 29.0 Å². The van der Waals surface area contributed by atoms with Crippen LogP contribution in [-0.4, -0.2) is 11.5 Å². The number of rotatable bonds is 5. The number of hydrogen-bond acceptors (Lipinski definition) is 3. The summed E-state index contributed by atoms with van der Waals surface area (Å²) in [5.74, 6) is 1.28. The van der Waals surface area contributed by atoms with Gasteiger partial charge in [-0.15, -0.1) is 0 Å². The molecule has 0 atom stereocenters. The van der Waals surface area contributed by atoms with Crippen molar-refractivity contribution < 1.29 is 4.42 Å². The van der Waals surface area contributed by atoms with Gasteiger partial charge in [0.2, 0.25) is 0 Å². The van der Waals surface area contributed by atoms with Gasteiger partial charge in [0, 0.05) is 17.1 Å². The van der Waals surface area contributed by atoms with Gasteiger partial charge in [0.25, 0.3) is 0 Å². The van der Waals surface area contributed by atoms with Crippen molar-refractivity contribution in [3.63, 3.8) is 0 Å². The van der Waals surface area contributed by atoms with Crippen LogP contribution in [0.2, 0.25) is 10.0 Å². The van der Waals surface area contributed by atoms with Crippen LogP contribution in [0.1, 0.15) is 19.5 Å². The minimum absolute atomic E-state index is 0.564. The van der Waals surface area contributed by atoms with Crippen LogP contribution in [0.3, 0.4) is 0 Å². The minimum Gasteiger partial charge on any atom is -0.443 e. The lowest BCUT2D eigenvalue weighted by Crippen LogP contribution is -2.19. The van der Waals surface area contributed by atoms with Crippen LogP contribution in [0.4, 0.5) is 0 Å². The highest BCUT2D eigenvalue weighted by Crippen LogP contribution is 2.32. The van der Waals surface area contributed by atoms with Crippen LogP contribution >= 0.6 is 23.2 Å². The van der Waals surface area contributed by atoms with Crippen LogP contribution in [0, 0.1) is 5.92 Å². The molecular weight excluding hydrogens is 283 g/mol. The summed E-state index contributed by atoms with van der Waals surface area (Å²) in [5.41, 5.74) is 1.66. The van der Waals surface area contributed by atoms with Crippen molar-refractivity contribution in [1.29, 1.82) is 0 Å². The molecule has 1 aromatic carbocycles. The molecule has 0 spiro atoms. The maximum Gasteiger partial charge on any atom is 0.181 e. The molecule has 1 heterocycles. The molecule has 0 saturated heterocycles. The Kier molecular flexibility index (Phi) is 4.86. The molecule has 1 N–H and O–H groups in total. The molecule has 0 bridgehead atoms. The number of nitrogens with zero attached hydrogens (tertiary/aromatic N) is 1. The maximum absolute atomic E-state index is 6.18. The van der Waals surface area contributed by atoms with E-state index in [2.05, 4.69) is 24.1 Å². The molecule has 0 aliphatic carbocycles. The predicted molar refractivity (Wildman–Crippen MR) is 78.5 cm³/mol. The first-order valence-electron chi connectivity index (χ1n) is 6.16. The second-order valence-electron chi connectivity index (χ2n) is 4.78. The van der Waals surface area contributed by atoms with Crippen molar-refractivity contribution in [3.8, 4) is 11.3 Å². The summed E-state index contributed by atoms with van der Waals surface area (Å²) in [6.45, 7) is 5.91. The molecule has 0 aliphatic rings. The van der Waals surface area contributed by atoms with E-state index in [1.54, 1.807) is 12.1 Å². The zero-order chi connectivity index (χ0) is 13.8. The second kappa shape index (κ2) is 6.42. The summed E-state index contributed by atoms with van der Waals surface area (Å²) in [6.07, 6.45) is 1.44. The molecule has 0 saturated carbocycles. The Labute approximate surface area is 122 Å². The highest BCUT2D eigenvalue weighted by Gasteiger charge is 2.14. The average Bonchev–Trinajstić information content (AvgIpc) is 2.77. The highest BCUT2D eigenvalue weighted by atomic mass is 35.5. The lowest BCUT2D eigenvalue weighted by atomic mass is 10.1. The van der Waals surface area contributed by atoms with Gasteiger partial charge in [-0.2, -0.15) is 0 Å². The van der Waals surface area contributed by atoms with Crippen molar-refractivity contribution in [2.45, 2.75) is 20.4 Å². The van der Waals surface area contributed by atoms with Crippen molar-refractivity contribution in [3.05, 3.63) is 40.3 Å². The molecule has 0 radical (unpaired) electrons. The molecule has 2 rings (SSSR count). The van der Waals surface area contributed by atoms with Gasteiger partial charge < -0.3 is 9.73 Å². The van der Waals surface area contributed by atoms with Gasteiger partial charge in [0.15, 0.2) is 12.2 Å². The van der Waals surface area contributed by atoms with E-state index in [-0.39, 0.29) is 0 Å². The summed E-state index contributed by atoms with van der Waals surface area (Å²) < 4.78 is 5.45. The molecule has 5 heteroatoms. The predicted octanol–water partition coefficient (Wildman–Crippen LogP) is 4.39. The number of nitrogens with one attached hydrogen (secondary N) is 1. The molecule has 2 aromatic rings. The minimum atomic E-state index is 0.564. The molecule has 102 valence electrons. The number of aromatic nitrogens is 1. The largest absolute Gasteiger partial charge is 0.443 e. The highest BCUT2D eigenvalue weighted by molar-refractivity contribution is 6.36. The SMILES string of the molecule is CC(C)CNCc1ncoc1-c1ccc(Cl)cc1Cl. The Morgan fingerprint density at radius 1 is 1.32 bits per heavy atom. The van der Waals surface area contributed by atoms with Gasteiger partial charge >= 0.3 is 0 Å². The third kappa shape index (κ3) is 3.72. The molecule has 1 aromatic heterocycles. The zero-order valence-electron chi connectivity index (χ0n) is 10.9. The van der Waals surface area contributed by atoms with E-state index in [0.29, 0.717) is 28.3 Å². The first kappa shape index (κ1) is 14.4. The molecule has 0 unspecified atom stereocenters. The standard InChI is InChI=1S/C14H16Cl2N2O/c1-9(2)6-17-7-13-14(19-8-18-13)11-4-3-10(15)5-12(11)16/h3-5,8-9,17H,6-7H2,1-2H3. The van der Waals surface area contributed by atoms with Crippen molar-refractivity contribution in [2.24, 2.45) is 5.92 Å². The van der Waals surface area contributed by atoms with Gasteiger partial charge in [0.05, 0.1) is 5.02 Å².